The van der Waals surface area contributed by atoms with E-state index in [-0.39, 0.29) is 11.9 Å². The third kappa shape index (κ3) is 2.42. The molecule has 1 aromatic rings. The lowest BCUT2D eigenvalue weighted by Crippen LogP contribution is -2.39. The first kappa shape index (κ1) is 11.9. The van der Waals surface area contributed by atoms with E-state index in [2.05, 4.69) is 19.3 Å². The molecule has 0 saturated carbocycles. The predicted molar refractivity (Wildman–Crippen MR) is 66.9 cm³/mol. The Bertz CT molecular complexity index is 418. The van der Waals surface area contributed by atoms with Crippen LogP contribution in [0.1, 0.15) is 20.3 Å². The number of nitrogens with one attached hydrogen (secondary N) is 1. The van der Waals surface area contributed by atoms with Gasteiger partial charge in [-0.25, -0.2) is 10.4 Å². The van der Waals surface area contributed by atoms with Crippen molar-refractivity contribution in [1.82, 2.24) is 5.43 Å². The van der Waals surface area contributed by atoms with Crippen molar-refractivity contribution in [1.29, 1.82) is 0 Å². The van der Waals surface area contributed by atoms with Crippen molar-refractivity contribution in [3.05, 3.63) is 24.3 Å². The van der Waals surface area contributed by atoms with Crippen LogP contribution in [-0.2, 0) is 4.79 Å². The maximum absolute atomic E-state index is 11.9. The number of carbonyl (C=O) groups is 1. The van der Waals surface area contributed by atoms with Crippen molar-refractivity contribution in [3.8, 4) is 5.75 Å². The number of hydrazine groups is 1. The van der Waals surface area contributed by atoms with Gasteiger partial charge in [0.2, 0.25) is 5.91 Å². The summed E-state index contributed by atoms with van der Waals surface area (Å²) in [5, 5.41) is 1.62. The lowest BCUT2D eigenvalue weighted by Gasteiger charge is -2.20. The van der Waals surface area contributed by atoms with E-state index in [0.29, 0.717) is 12.3 Å². The van der Waals surface area contributed by atoms with E-state index in [1.165, 1.54) is 0 Å². The quantitative estimate of drug-likeness (QED) is 0.869. The molecule has 17 heavy (non-hydrogen) atoms. The molecule has 4 heteroatoms. The van der Waals surface area contributed by atoms with Crippen molar-refractivity contribution in [2.45, 2.75) is 26.3 Å². The Kier molecular flexibility index (Phi) is 3.33. The molecule has 1 amide bonds. The highest BCUT2D eigenvalue weighted by atomic mass is 16.5. The summed E-state index contributed by atoms with van der Waals surface area (Å²) in [7, 11) is 1.62. The van der Waals surface area contributed by atoms with Crippen molar-refractivity contribution < 1.29 is 9.53 Å². The summed E-state index contributed by atoms with van der Waals surface area (Å²) in [6.45, 7) is 4.22. The molecule has 0 aliphatic carbocycles. The molecule has 4 nitrogen and oxygen atoms in total. The molecule has 1 N–H and O–H groups in total. The summed E-state index contributed by atoms with van der Waals surface area (Å²) >= 11 is 0. The Labute approximate surface area is 102 Å². The highest BCUT2D eigenvalue weighted by Gasteiger charge is 2.31. The summed E-state index contributed by atoms with van der Waals surface area (Å²) in [5.41, 5.74) is 4.07. The fourth-order valence-electron chi connectivity index (χ4n) is 1.92. The molecule has 92 valence electrons. The number of rotatable bonds is 3. The van der Waals surface area contributed by atoms with Gasteiger partial charge in [0.15, 0.2) is 0 Å². The van der Waals surface area contributed by atoms with Gasteiger partial charge in [-0.1, -0.05) is 19.9 Å². The van der Waals surface area contributed by atoms with E-state index < -0.39 is 0 Å². The number of hydrogen-bond donors (Lipinski definition) is 1. The number of ether oxygens (including phenoxy) is 1. The van der Waals surface area contributed by atoms with E-state index in [1.807, 2.05) is 24.3 Å². The van der Waals surface area contributed by atoms with Gasteiger partial charge >= 0.3 is 0 Å². The zero-order valence-corrected chi connectivity index (χ0v) is 10.4. The molecule has 1 aliphatic rings. The van der Waals surface area contributed by atoms with Crippen LogP contribution in [0.3, 0.4) is 0 Å². The molecule has 1 aliphatic heterocycles. The summed E-state index contributed by atoms with van der Waals surface area (Å²) in [6, 6.07) is 7.72. The zero-order valence-electron chi connectivity index (χ0n) is 10.4. The first-order chi connectivity index (χ1) is 8.11. The van der Waals surface area contributed by atoms with Gasteiger partial charge in [0.05, 0.1) is 12.8 Å². The van der Waals surface area contributed by atoms with Gasteiger partial charge < -0.3 is 4.74 Å². The fourth-order valence-corrected chi connectivity index (χ4v) is 1.92. The molecule has 0 bridgehead atoms. The van der Waals surface area contributed by atoms with Crippen molar-refractivity contribution in [3.63, 3.8) is 0 Å². The molecular formula is C13H18N2O2. The van der Waals surface area contributed by atoms with Crippen LogP contribution in [0.25, 0.3) is 0 Å². The van der Waals surface area contributed by atoms with Crippen LogP contribution in [0.4, 0.5) is 5.69 Å². The monoisotopic (exact) mass is 234 g/mol. The van der Waals surface area contributed by atoms with Gasteiger partial charge in [0.1, 0.15) is 5.75 Å². The lowest BCUT2D eigenvalue weighted by atomic mass is 10.0. The summed E-state index contributed by atoms with van der Waals surface area (Å²) in [4.78, 5) is 11.9. The maximum atomic E-state index is 11.9. The van der Waals surface area contributed by atoms with Crippen LogP contribution < -0.4 is 15.2 Å². The van der Waals surface area contributed by atoms with Crippen LogP contribution in [0.2, 0.25) is 0 Å². The molecule has 1 saturated heterocycles. The van der Waals surface area contributed by atoms with E-state index in [1.54, 1.807) is 12.1 Å². The lowest BCUT2D eigenvalue weighted by molar-refractivity contribution is -0.117. The second-order valence-corrected chi connectivity index (χ2v) is 4.61. The Hall–Kier alpha value is -1.55. The Morgan fingerprint density at radius 1 is 1.47 bits per heavy atom. The molecule has 0 aromatic heterocycles. The van der Waals surface area contributed by atoms with Crippen LogP contribution in [-0.4, -0.2) is 19.1 Å². The Balaban J connectivity index is 2.19. The van der Waals surface area contributed by atoms with Gasteiger partial charge in [-0.2, -0.15) is 0 Å². The smallest absolute Gasteiger partial charge is 0.243 e. The fraction of sp³-hybridized carbons (Fsp3) is 0.462. The highest BCUT2D eigenvalue weighted by molar-refractivity contribution is 5.95. The predicted octanol–water partition coefficient (Wildman–Crippen LogP) is 1.96. The van der Waals surface area contributed by atoms with Crippen LogP contribution in [0.15, 0.2) is 24.3 Å². The molecule has 1 unspecified atom stereocenters. The number of anilines is 1. The minimum atomic E-state index is 0.108. The highest BCUT2D eigenvalue weighted by Crippen LogP contribution is 2.25. The summed E-state index contributed by atoms with van der Waals surface area (Å²) < 4.78 is 5.16. The molecule has 1 fully saturated rings. The van der Waals surface area contributed by atoms with Crippen LogP contribution >= 0.6 is 0 Å². The van der Waals surface area contributed by atoms with E-state index in [0.717, 1.165) is 11.4 Å². The summed E-state index contributed by atoms with van der Waals surface area (Å²) in [6.07, 6.45) is 0.550. The van der Waals surface area contributed by atoms with Crippen molar-refractivity contribution in [2.24, 2.45) is 5.92 Å². The SMILES string of the molecule is COc1cccc(N2NC(C(C)C)CC2=O)c1. The van der Waals surface area contributed by atoms with Crippen molar-refractivity contribution >= 4 is 11.6 Å². The number of hydrogen-bond acceptors (Lipinski definition) is 3. The standard InChI is InChI=1S/C13H18N2O2/c1-9(2)12-8-13(16)15(14-12)10-5-4-6-11(7-10)17-3/h4-7,9,12,14H,8H2,1-3H3. The average Bonchev–Trinajstić information content (AvgIpc) is 2.72. The molecule has 1 atom stereocenters. The van der Waals surface area contributed by atoms with Gasteiger partial charge in [0.25, 0.3) is 0 Å². The average molecular weight is 234 g/mol. The summed E-state index contributed by atoms with van der Waals surface area (Å²) in [5.74, 6) is 1.30. The van der Waals surface area contributed by atoms with Gasteiger partial charge in [0, 0.05) is 18.5 Å². The van der Waals surface area contributed by atoms with Crippen molar-refractivity contribution in [2.75, 3.05) is 12.1 Å². The zero-order chi connectivity index (χ0) is 12.4. The van der Waals surface area contributed by atoms with E-state index >= 15 is 0 Å². The number of nitrogens with zero attached hydrogens (tertiary/aromatic N) is 1. The Morgan fingerprint density at radius 2 is 2.24 bits per heavy atom. The van der Waals surface area contributed by atoms with Gasteiger partial charge in [-0.3, -0.25) is 4.79 Å². The third-order valence-electron chi connectivity index (χ3n) is 3.06. The molecule has 2 rings (SSSR count). The molecule has 0 radical (unpaired) electrons. The van der Waals surface area contributed by atoms with Gasteiger partial charge in [-0.05, 0) is 18.1 Å². The van der Waals surface area contributed by atoms with Gasteiger partial charge in [-0.15, -0.1) is 0 Å². The minimum Gasteiger partial charge on any atom is -0.497 e. The topological polar surface area (TPSA) is 41.6 Å². The van der Waals surface area contributed by atoms with Crippen LogP contribution in [0, 0.1) is 5.92 Å². The Morgan fingerprint density at radius 3 is 2.82 bits per heavy atom. The number of methoxy groups -OCH3 is 1. The number of amides is 1. The van der Waals surface area contributed by atoms with Crippen LogP contribution in [0.5, 0.6) is 5.75 Å². The first-order valence-electron chi connectivity index (χ1n) is 5.85. The number of carbonyl (C=O) groups excluding carboxylic acids is 1. The van der Waals surface area contributed by atoms with E-state index in [4.69, 9.17) is 4.74 Å². The van der Waals surface area contributed by atoms with E-state index in [9.17, 15) is 4.79 Å². The molecule has 1 aromatic carbocycles. The largest absolute Gasteiger partial charge is 0.497 e. The normalized spacial score (nSPS) is 20.1. The first-order valence-corrected chi connectivity index (χ1v) is 5.85. The molecule has 0 spiro atoms. The second kappa shape index (κ2) is 4.75. The second-order valence-electron chi connectivity index (χ2n) is 4.61. The molecule has 1 heterocycles. The maximum Gasteiger partial charge on any atom is 0.243 e. The minimum absolute atomic E-state index is 0.108. The molecular weight excluding hydrogens is 216 g/mol. The number of benzene rings is 1. The third-order valence-corrected chi connectivity index (χ3v) is 3.06.